The lowest BCUT2D eigenvalue weighted by molar-refractivity contribution is -0.138. The van der Waals surface area contributed by atoms with Crippen LogP contribution in [0.3, 0.4) is 0 Å². The number of benzene rings is 1. The number of amides is 5. The molecule has 1 heterocycles. The number of nitrogens with one attached hydrogen (secondary N) is 3. The van der Waals surface area contributed by atoms with E-state index in [4.69, 9.17) is 10.5 Å². The summed E-state index contributed by atoms with van der Waals surface area (Å²) in [6.07, 6.45) is 4.88. The number of anilines is 1. The Hall–Kier alpha value is -4.06. The Bertz CT molecular complexity index is 1190. The number of hydrogen-bond donors (Lipinski definition) is 4. The minimum atomic E-state index is -0.834. The molecular weight excluding hydrogens is 554 g/mol. The van der Waals surface area contributed by atoms with E-state index >= 15 is 0 Å². The summed E-state index contributed by atoms with van der Waals surface area (Å²) in [7, 11) is 0. The molecule has 1 aliphatic heterocycles. The maximum absolute atomic E-state index is 13.2. The molecule has 12 heteroatoms. The molecule has 0 radical (unpaired) electrons. The third kappa shape index (κ3) is 10.0. The van der Waals surface area contributed by atoms with E-state index in [9.17, 15) is 28.8 Å². The number of hydrogen-bond acceptors (Lipinski definition) is 8. The van der Waals surface area contributed by atoms with Crippen molar-refractivity contribution in [2.45, 2.75) is 65.5 Å². The molecule has 0 bridgehead atoms. The van der Waals surface area contributed by atoms with Crippen LogP contribution in [0.1, 0.15) is 58.4 Å². The third-order valence-corrected chi connectivity index (χ3v) is 7.96. The SMILES string of the molecule is CC(C)[C@H](CC(=O)C1CCC(CN2C(=O)C=CC2=O)CC1)C(=O)N[C@@H](C)C(=O)Nc1ccc(COC(=O)NCCN)cc1. The van der Waals surface area contributed by atoms with Crippen LogP contribution in [0.5, 0.6) is 0 Å². The van der Waals surface area contributed by atoms with E-state index in [-0.39, 0.29) is 54.3 Å². The van der Waals surface area contributed by atoms with Gasteiger partial charge in [-0.15, -0.1) is 0 Å². The first-order valence-electron chi connectivity index (χ1n) is 14.9. The quantitative estimate of drug-likeness (QED) is 0.236. The molecule has 1 aromatic rings. The van der Waals surface area contributed by atoms with Gasteiger partial charge in [0.1, 0.15) is 18.4 Å². The summed E-state index contributed by atoms with van der Waals surface area (Å²) >= 11 is 0. The number of carbonyl (C=O) groups is 6. The predicted octanol–water partition coefficient (Wildman–Crippen LogP) is 2.28. The number of nitrogens with zero attached hydrogens (tertiary/aromatic N) is 1. The molecule has 0 spiro atoms. The highest BCUT2D eigenvalue weighted by molar-refractivity contribution is 6.12. The van der Waals surface area contributed by atoms with E-state index in [1.54, 1.807) is 31.2 Å². The lowest BCUT2D eigenvalue weighted by Gasteiger charge is -2.31. The molecule has 0 aromatic heterocycles. The second kappa shape index (κ2) is 16.0. The second-order valence-corrected chi connectivity index (χ2v) is 11.6. The Kier molecular flexibility index (Phi) is 12.4. The molecule has 5 N–H and O–H groups in total. The number of ether oxygens (including phenoxy) is 1. The number of alkyl carbamates (subject to hydrolysis) is 1. The second-order valence-electron chi connectivity index (χ2n) is 11.6. The number of nitrogens with two attached hydrogens (primary N) is 1. The van der Waals surface area contributed by atoms with E-state index < -0.39 is 24.0 Å². The fourth-order valence-electron chi connectivity index (χ4n) is 5.25. The molecule has 0 unspecified atom stereocenters. The predicted molar refractivity (Wildman–Crippen MR) is 159 cm³/mol. The zero-order valence-corrected chi connectivity index (χ0v) is 25.1. The lowest BCUT2D eigenvalue weighted by atomic mass is 9.77. The zero-order valence-electron chi connectivity index (χ0n) is 25.1. The Morgan fingerprint density at radius 2 is 1.58 bits per heavy atom. The Morgan fingerprint density at radius 1 is 0.953 bits per heavy atom. The van der Waals surface area contributed by atoms with E-state index in [0.29, 0.717) is 38.2 Å². The van der Waals surface area contributed by atoms with Gasteiger partial charge >= 0.3 is 6.09 Å². The summed E-state index contributed by atoms with van der Waals surface area (Å²) in [4.78, 5) is 75.6. The molecule has 3 rings (SSSR count). The number of carbonyl (C=O) groups excluding carboxylic acids is 6. The lowest BCUT2D eigenvalue weighted by Crippen LogP contribution is -2.46. The van der Waals surface area contributed by atoms with Crippen LogP contribution < -0.4 is 21.7 Å². The standard InChI is InChI=1S/C31H43N5O7/c1-19(2)25(16-26(37)23-8-4-21(5-9-23)17-36-27(38)12-13-28(36)39)30(41)34-20(3)29(40)35-24-10-6-22(7-11-24)18-43-31(42)33-15-14-32/h6-7,10-13,19-21,23,25H,4-5,8-9,14-18,32H2,1-3H3,(H,33,42)(H,34,41)(H,35,40)/t20-,21?,23?,25-/m0/s1. The monoisotopic (exact) mass is 597 g/mol. The van der Waals surface area contributed by atoms with Crippen molar-refractivity contribution in [1.82, 2.24) is 15.5 Å². The first-order valence-corrected chi connectivity index (χ1v) is 14.9. The maximum atomic E-state index is 13.2. The molecule has 1 fully saturated rings. The molecule has 0 saturated heterocycles. The Balaban J connectivity index is 1.44. The summed E-state index contributed by atoms with van der Waals surface area (Å²) in [6, 6.07) is 5.94. The van der Waals surface area contributed by atoms with Gasteiger partial charge < -0.3 is 26.4 Å². The van der Waals surface area contributed by atoms with Gasteiger partial charge in [0, 0.05) is 55.7 Å². The van der Waals surface area contributed by atoms with Crippen LogP contribution >= 0.6 is 0 Å². The molecule has 12 nitrogen and oxygen atoms in total. The highest BCUT2D eigenvalue weighted by atomic mass is 16.5. The van der Waals surface area contributed by atoms with Gasteiger partial charge in [-0.05, 0) is 62.1 Å². The van der Waals surface area contributed by atoms with Gasteiger partial charge in [-0.2, -0.15) is 0 Å². The van der Waals surface area contributed by atoms with Crippen molar-refractivity contribution in [3.05, 3.63) is 42.0 Å². The smallest absolute Gasteiger partial charge is 0.407 e. The average molecular weight is 598 g/mol. The van der Waals surface area contributed by atoms with Gasteiger partial charge in [-0.3, -0.25) is 28.9 Å². The van der Waals surface area contributed by atoms with E-state index in [0.717, 1.165) is 18.4 Å². The van der Waals surface area contributed by atoms with E-state index in [1.165, 1.54) is 17.1 Å². The highest BCUT2D eigenvalue weighted by Gasteiger charge is 2.34. The molecule has 43 heavy (non-hydrogen) atoms. The number of ketones is 1. The maximum Gasteiger partial charge on any atom is 0.407 e. The van der Waals surface area contributed by atoms with Crippen LogP contribution in [-0.4, -0.2) is 66.1 Å². The van der Waals surface area contributed by atoms with Crippen molar-refractivity contribution in [3.63, 3.8) is 0 Å². The summed E-state index contributed by atoms with van der Waals surface area (Å²) in [5.41, 5.74) is 6.58. The molecular formula is C31H43N5O7. The fourth-order valence-corrected chi connectivity index (χ4v) is 5.25. The van der Waals surface area contributed by atoms with Crippen molar-refractivity contribution < 1.29 is 33.5 Å². The van der Waals surface area contributed by atoms with Crippen molar-refractivity contribution >= 4 is 41.2 Å². The topological polar surface area (TPSA) is 177 Å². The number of Topliss-reactive ketones (excluding diaryl/α,β-unsaturated/α-hetero) is 1. The highest BCUT2D eigenvalue weighted by Crippen LogP contribution is 2.32. The minimum absolute atomic E-state index is 0.0281. The normalized spacial score (nSPS) is 19.6. The molecule has 1 aromatic carbocycles. The van der Waals surface area contributed by atoms with Crippen LogP contribution in [-0.2, 0) is 35.3 Å². The molecule has 2 aliphatic rings. The van der Waals surface area contributed by atoms with Crippen LogP contribution in [0.25, 0.3) is 0 Å². The van der Waals surface area contributed by atoms with Gasteiger partial charge in [0.15, 0.2) is 0 Å². The van der Waals surface area contributed by atoms with Crippen LogP contribution in [0.15, 0.2) is 36.4 Å². The van der Waals surface area contributed by atoms with Crippen molar-refractivity contribution in [2.24, 2.45) is 29.4 Å². The van der Waals surface area contributed by atoms with Crippen molar-refractivity contribution in [3.8, 4) is 0 Å². The van der Waals surface area contributed by atoms with Crippen LogP contribution in [0, 0.1) is 23.7 Å². The molecule has 1 aliphatic carbocycles. The van der Waals surface area contributed by atoms with Crippen LogP contribution in [0.4, 0.5) is 10.5 Å². The van der Waals surface area contributed by atoms with Crippen molar-refractivity contribution in [2.75, 3.05) is 25.0 Å². The van der Waals surface area contributed by atoms with Crippen molar-refractivity contribution in [1.29, 1.82) is 0 Å². The average Bonchev–Trinajstić information content (AvgIpc) is 3.30. The minimum Gasteiger partial charge on any atom is -0.445 e. The molecule has 2 atom stereocenters. The summed E-state index contributed by atoms with van der Waals surface area (Å²) in [5, 5.41) is 8.02. The fraction of sp³-hybridized carbons (Fsp3) is 0.548. The molecule has 1 saturated carbocycles. The summed E-state index contributed by atoms with van der Waals surface area (Å²) < 4.78 is 5.09. The first kappa shape index (κ1) is 33.4. The van der Waals surface area contributed by atoms with Crippen LogP contribution in [0.2, 0.25) is 0 Å². The number of rotatable bonds is 14. The van der Waals surface area contributed by atoms with Gasteiger partial charge in [0.25, 0.3) is 11.8 Å². The third-order valence-electron chi connectivity index (χ3n) is 7.96. The van der Waals surface area contributed by atoms with Gasteiger partial charge in [-0.25, -0.2) is 4.79 Å². The van der Waals surface area contributed by atoms with Gasteiger partial charge in [0.2, 0.25) is 11.8 Å². The van der Waals surface area contributed by atoms with Gasteiger partial charge in [-0.1, -0.05) is 26.0 Å². The molecule has 5 amide bonds. The van der Waals surface area contributed by atoms with E-state index in [2.05, 4.69) is 16.0 Å². The largest absolute Gasteiger partial charge is 0.445 e. The van der Waals surface area contributed by atoms with E-state index in [1.807, 2.05) is 13.8 Å². The van der Waals surface area contributed by atoms with Gasteiger partial charge in [0.05, 0.1) is 0 Å². The Labute approximate surface area is 252 Å². The molecule has 234 valence electrons. The Morgan fingerprint density at radius 3 is 2.16 bits per heavy atom. The summed E-state index contributed by atoms with van der Waals surface area (Å²) in [6.45, 7) is 6.41. The number of imide groups is 1. The first-order chi connectivity index (χ1) is 20.5. The zero-order chi connectivity index (χ0) is 31.5. The summed E-state index contributed by atoms with van der Waals surface area (Å²) in [5.74, 6) is -1.99.